The molecular weight excluding hydrogens is 316 g/mol. The van der Waals surface area contributed by atoms with Crippen molar-refractivity contribution < 1.29 is 9.53 Å². The van der Waals surface area contributed by atoms with Crippen molar-refractivity contribution in [3.8, 4) is 11.8 Å². The first-order valence-electron chi connectivity index (χ1n) is 8.33. The molecule has 1 aliphatic rings. The van der Waals surface area contributed by atoms with Crippen LogP contribution in [0.25, 0.3) is 0 Å². The molecule has 0 bridgehead atoms. The third kappa shape index (κ3) is 4.48. The highest BCUT2D eigenvalue weighted by atomic mass is 16.5. The Bertz CT molecular complexity index is 740. The summed E-state index contributed by atoms with van der Waals surface area (Å²) in [6.07, 6.45) is 2.60. The number of pyridine rings is 1. The molecule has 6 heteroatoms. The molecule has 0 aliphatic carbocycles. The molecule has 25 heavy (non-hydrogen) atoms. The van der Waals surface area contributed by atoms with E-state index >= 15 is 0 Å². The second-order valence-electron chi connectivity index (χ2n) is 5.84. The van der Waals surface area contributed by atoms with Crippen LogP contribution in [-0.4, -0.2) is 48.6 Å². The molecule has 1 aliphatic heterocycles. The van der Waals surface area contributed by atoms with Crippen LogP contribution < -0.4 is 9.64 Å². The Labute approximate surface area is 147 Å². The van der Waals surface area contributed by atoms with Crippen molar-refractivity contribution in [1.82, 2.24) is 9.88 Å². The predicted octanol–water partition coefficient (Wildman–Crippen LogP) is 2.07. The van der Waals surface area contributed by atoms with Gasteiger partial charge < -0.3 is 14.5 Å². The minimum absolute atomic E-state index is 0.00339. The summed E-state index contributed by atoms with van der Waals surface area (Å²) in [5.41, 5.74) is 1.39. The van der Waals surface area contributed by atoms with Gasteiger partial charge in [-0.3, -0.25) is 4.79 Å². The number of ether oxygens (including phenoxy) is 1. The summed E-state index contributed by atoms with van der Waals surface area (Å²) >= 11 is 0. The molecule has 0 unspecified atom stereocenters. The highest BCUT2D eigenvalue weighted by Crippen LogP contribution is 2.16. The lowest BCUT2D eigenvalue weighted by Gasteiger charge is -2.23. The number of rotatable bonds is 4. The summed E-state index contributed by atoms with van der Waals surface area (Å²) < 4.78 is 5.55. The van der Waals surface area contributed by atoms with Gasteiger partial charge in [0.05, 0.1) is 11.9 Å². The normalized spacial score (nSPS) is 14.5. The zero-order chi connectivity index (χ0) is 17.5. The minimum Gasteiger partial charge on any atom is -0.484 e. The number of carbonyl (C=O) groups is 1. The number of para-hydroxylation sites is 1. The number of nitrogens with zero attached hydrogens (tertiary/aromatic N) is 4. The number of nitriles is 1. The van der Waals surface area contributed by atoms with Crippen molar-refractivity contribution in [2.45, 2.75) is 6.42 Å². The lowest BCUT2D eigenvalue weighted by Crippen LogP contribution is -2.38. The molecule has 2 aromatic rings. The minimum atomic E-state index is 0.00339. The number of aromatic nitrogens is 1. The standard InChI is InChI=1S/C19H20N4O2/c20-13-16-7-8-17(14-21-16)22-9-4-10-23(12-11-22)19(24)15-25-18-5-2-1-3-6-18/h1-3,5-8,14H,4,9-12,15H2. The molecule has 1 aromatic carbocycles. The van der Waals surface area contributed by atoms with Gasteiger partial charge in [0.25, 0.3) is 5.91 Å². The Morgan fingerprint density at radius 1 is 1.12 bits per heavy atom. The van der Waals surface area contributed by atoms with Crippen LogP contribution in [0.15, 0.2) is 48.7 Å². The van der Waals surface area contributed by atoms with Crippen molar-refractivity contribution in [1.29, 1.82) is 5.26 Å². The maximum Gasteiger partial charge on any atom is 0.260 e. The van der Waals surface area contributed by atoms with Crippen LogP contribution in [0.4, 0.5) is 5.69 Å². The molecule has 1 aromatic heterocycles. The van der Waals surface area contributed by atoms with Crippen molar-refractivity contribution in [3.63, 3.8) is 0 Å². The lowest BCUT2D eigenvalue weighted by atomic mass is 10.3. The number of carbonyl (C=O) groups excluding carboxylic acids is 1. The van der Waals surface area contributed by atoms with E-state index in [0.717, 1.165) is 31.7 Å². The van der Waals surface area contributed by atoms with Gasteiger partial charge in [-0.15, -0.1) is 0 Å². The van der Waals surface area contributed by atoms with E-state index in [1.54, 1.807) is 12.3 Å². The van der Waals surface area contributed by atoms with E-state index in [0.29, 0.717) is 18.0 Å². The van der Waals surface area contributed by atoms with E-state index in [-0.39, 0.29) is 12.5 Å². The van der Waals surface area contributed by atoms with Crippen LogP contribution in [0.2, 0.25) is 0 Å². The average molecular weight is 336 g/mol. The van der Waals surface area contributed by atoms with Gasteiger partial charge in [-0.2, -0.15) is 5.26 Å². The van der Waals surface area contributed by atoms with Crippen molar-refractivity contribution in [2.24, 2.45) is 0 Å². The van der Waals surface area contributed by atoms with E-state index < -0.39 is 0 Å². The number of hydrogen-bond acceptors (Lipinski definition) is 5. The van der Waals surface area contributed by atoms with Gasteiger partial charge in [-0.25, -0.2) is 4.98 Å². The van der Waals surface area contributed by atoms with Gasteiger partial charge in [0, 0.05) is 26.2 Å². The molecule has 0 saturated carbocycles. The quantitative estimate of drug-likeness (QED) is 0.855. The molecule has 1 fully saturated rings. The maximum atomic E-state index is 12.4. The van der Waals surface area contributed by atoms with Crippen LogP contribution in [0.5, 0.6) is 5.75 Å². The average Bonchev–Trinajstić information content (AvgIpc) is 2.93. The van der Waals surface area contributed by atoms with Gasteiger partial charge in [-0.1, -0.05) is 18.2 Å². The first-order chi connectivity index (χ1) is 12.3. The van der Waals surface area contributed by atoms with Crippen LogP contribution >= 0.6 is 0 Å². The summed E-state index contributed by atoms with van der Waals surface area (Å²) in [6, 6.07) is 15.0. The van der Waals surface area contributed by atoms with Gasteiger partial charge in [0.2, 0.25) is 0 Å². The number of amides is 1. The summed E-state index contributed by atoms with van der Waals surface area (Å²) in [7, 11) is 0. The van der Waals surface area contributed by atoms with Crippen molar-refractivity contribution in [2.75, 3.05) is 37.7 Å². The number of hydrogen-bond donors (Lipinski definition) is 0. The van der Waals surface area contributed by atoms with Gasteiger partial charge in [0.1, 0.15) is 17.5 Å². The number of anilines is 1. The van der Waals surface area contributed by atoms with E-state index in [1.807, 2.05) is 47.4 Å². The molecule has 0 radical (unpaired) electrons. The van der Waals surface area contributed by atoms with E-state index in [1.165, 1.54) is 0 Å². The van der Waals surface area contributed by atoms with Crippen LogP contribution in [-0.2, 0) is 4.79 Å². The molecule has 0 spiro atoms. The van der Waals surface area contributed by atoms with Gasteiger partial charge in [0.15, 0.2) is 6.61 Å². The molecular formula is C19H20N4O2. The van der Waals surface area contributed by atoms with Crippen LogP contribution in [0, 0.1) is 11.3 Å². The summed E-state index contributed by atoms with van der Waals surface area (Å²) in [6.45, 7) is 3.03. The van der Waals surface area contributed by atoms with Gasteiger partial charge >= 0.3 is 0 Å². The molecule has 1 amide bonds. The fourth-order valence-electron chi connectivity index (χ4n) is 2.82. The lowest BCUT2D eigenvalue weighted by molar-refractivity contribution is -0.133. The van der Waals surface area contributed by atoms with Crippen LogP contribution in [0.3, 0.4) is 0 Å². The second kappa shape index (κ2) is 8.15. The topological polar surface area (TPSA) is 69.5 Å². The summed E-state index contributed by atoms with van der Waals surface area (Å²) in [5, 5.41) is 8.83. The van der Waals surface area contributed by atoms with E-state index in [9.17, 15) is 4.79 Å². The number of benzene rings is 1. The highest BCUT2D eigenvalue weighted by Gasteiger charge is 2.19. The third-order valence-corrected chi connectivity index (χ3v) is 4.18. The van der Waals surface area contributed by atoms with Crippen molar-refractivity contribution in [3.05, 3.63) is 54.4 Å². The first-order valence-corrected chi connectivity index (χ1v) is 8.33. The Kier molecular flexibility index (Phi) is 5.47. The molecule has 1 saturated heterocycles. The Balaban J connectivity index is 1.53. The molecule has 2 heterocycles. The summed E-state index contributed by atoms with van der Waals surface area (Å²) in [4.78, 5) is 20.5. The Morgan fingerprint density at radius 2 is 1.96 bits per heavy atom. The first kappa shape index (κ1) is 16.8. The van der Waals surface area contributed by atoms with Gasteiger partial charge in [-0.05, 0) is 30.7 Å². The van der Waals surface area contributed by atoms with Crippen LogP contribution in [0.1, 0.15) is 12.1 Å². The molecule has 0 atom stereocenters. The molecule has 128 valence electrons. The monoisotopic (exact) mass is 336 g/mol. The third-order valence-electron chi connectivity index (χ3n) is 4.18. The highest BCUT2D eigenvalue weighted by molar-refractivity contribution is 5.78. The Hall–Kier alpha value is -3.07. The van der Waals surface area contributed by atoms with Crippen molar-refractivity contribution >= 4 is 11.6 Å². The SMILES string of the molecule is N#Cc1ccc(N2CCCN(C(=O)COc3ccccc3)CC2)cn1. The summed E-state index contributed by atoms with van der Waals surface area (Å²) in [5.74, 6) is 0.708. The van der Waals surface area contributed by atoms with E-state index in [2.05, 4.69) is 9.88 Å². The predicted molar refractivity (Wildman–Crippen MR) is 94.3 cm³/mol. The Morgan fingerprint density at radius 3 is 2.68 bits per heavy atom. The zero-order valence-electron chi connectivity index (χ0n) is 14.0. The fourth-order valence-corrected chi connectivity index (χ4v) is 2.82. The fraction of sp³-hybridized carbons (Fsp3) is 0.316. The maximum absolute atomic E-state index is 12.4. The molecule has 0 N–H and O–H groups in total. The smallest absolute Gasteiger partial charge is 0.260 e. The molecule has 3 rings (SSSR count). The zero-order valence-corrected chi connectivity index (χ0v) is 14.0. The largest absolute Gasteiger partial charge is 0.484 e. The molecule has 6 nitrogen and oxygen atoms in total. The second-order valence-corrected chi connectivity index (χ2v) is 5.84. The van der Waals surface area contributed by atoms with E-state index in [4.69, 9.17) is 10.00 Å².